The van der Waals surface area contributed by atoms with Crippen molar-refractivity contribution in [1.29, 1.82) is 0 Å². The zero-order chi connectivity index (χ0) is 18.2. The molecule has 0 saturated carbocycles. The van der Waals surface area contributed by atoms with Crippen molar-refractivity contribution in [1.82, 2.24) is 15.3 Å². The molecule has 1 aliphatic heterocycles. The highest BCUT2D eigenvalue weighted by Gasteiger charge is 2.16. The summed E-state index contributed by atoms with van der Waals surface area (Å²) in [5.41, 5.74) is 1.39. The predicted octanol–water partition coefficient (Wildman–Crippen LogP) is 2.36. The number of carbonyl (C=O) groups is 1. The summed E-state index contributed by atoms with van der Waals surface area (Å²) >= 11 is 0. The largest absolute Gasteiger partial charge is 0.478 e. The van der Waals surface area contributed by atoms with Crippen LogP contribution in [-0.4, -0.2) is 41.8 Å². The van der Waals surface area contributed by atoms with E-state index in [2.05, 4.69) is 15.3 Å². The van der Waals surface area contributed by atoms with Gasteiger partial charge in [-0.2, -0.15) is 0 Å². The molecule has 0 atom stereocenters. The molecule has 0 spiro atoms. The molecular weight excluding hydrogens is 334 g/mol. The Kier molecular flexibility index (Phi) is 6.38. The van der Waals surface area contributed by atoms with Crippen LogP contribution in [0.5, 0.6) is 11.8 Å². The van der Waals surface area contributed by atoms with E-state index in [9.17, 15) is 4.79 Å². The lowest BCUT2D eigenvalue weighted by Gasteiger charge is -2.22. The number of ether oxygens (including phenoxy) is 3. The van der Waals surface area contributed by atoms with Crippen LogP contribution in [0.4, 0.5) is 0 Å². The molecule has 0 radical (unpaired) electrons. The van der Waals surface area contributed by atoms with E-state index in [1.54, 1.807) is 24.4 Å². The lowest BCUT2D eigenvalue weighted by Crippen LogP contribution is -2.26. The topological polar surface area (TPSA) is 82.6 Å². The Hall–Kier alpha value is -2.67. The van der Waals surface area contributed by atoms with Crippen molar-refractivity contribution in [2.45, 2.75) is 32.4 Å². The first-order valence-corrected chi connectivity index (χ1v) is 8.81. The van der Waals surface area contributed by atoms with Gasteiger partial charge in [0.15, 0.2) is 0 Å². The molecule has 7 nitrogen and oxygen atoms in total. The third kappa shape index (κ3) is 5.16. The Balaban J connectivity index is 1.49. The van der Waals surface area contributed by atoms with Gasteiger partial charge in [-0.05, 0) is 18.6 Å². The molecule has 1 N–H and O–H groups in total. The van der Waals surface area contributed by atoms with Crippen molar-refractivity contribution in [2.75, 3.05) is 19.8 Å². The molecule has 26 heavy (non-hydrogen) atoms. The van der Waals surface area contributed by atoms with Gasteiger partial charge in [0.1, 0.15) is 6.10 Å². The second-order valence-electron chi connectivity index (χ2n) is 5.94. The smallest absolute Gasteiger partial charge is 0.253 e. The van der Waals surface area contributed by atoms with Gasteiger partial charge in [-0.15, -0.1) is 0 Å². The summed E-state index contributed by atoms with van der Waals surface area (Å²) < 4.78 is 16.4. The van der Waals surface area contributed by atoms with E-state index >= 15 is 0 Å². The Labute approximate surface area is 152 Å². The maximum Gasteiger partial charge on any atom is 0.253 e. The average molecular weight is 357 g/mol. The molecule has 0 bridgehead atoms. The van der Waals surface area contributed by atoms with Crippen LogP contribution in [0.1, 0.15) is 35.7 Å². The highest BCUT2D eigenvalue weighted by molar-refractivity contribution is 5.93. The number of amides is 1. The van der Waals surface area contributed by atoms with Crippen LogP contribution in [-0.2, 0) is 11.3 Å². The van der Waals surface area contributed by atoms with Crippen LogP contribution < -0.4 is 14.8 Å². The standard InChI is InChI=1S/C19H23N3O4/c1-2-25-17-5-3-14(11-20-17)12-22-19(23)15-4-6-18(21-13-15)26-16-7-9-24-10-8-16/h3-6,11,13,16H,2,7-10,12H2,1H3,(H,22,23). The number of rotatable bonds is 7. The van der Waals surface area contributed by atoms with Gasteiger partial charge in [0, 0.05) is 43.9 Å². The quantitative estimate of drug-likeness (QED) is 0.819. The summed E-state index contributed by atoms with van der Waals surface area (Å²) in [4.78, 5) is 20.6. The Morgan fingerprint density at radius 3 is 2.58 bits per heavy atom. The summed E-state index contributed by atoms with van der Waals surface area (Å²) in [6.45, 7) is 4.30. The minimum atomic E-state index is -0.191. The maximum atomic E-state index is 12.2. The van der Waals surface area contributed by atoms with E-state index in [1.807, 2.05) is 13.0 Å². The molecule has 2 aromatic rings. The highest BCUT2D eigenvalue weighted by Crippen LogP contribution is 2.16. The molecule has 138 valence electrons. The first-order valence-electron chi connectivity index (χ1n) is 8.81. The number of pyridine rings is 2. The van der Waals surface area contributed by atoms with Crippen molar-refractivity contribution >= 4 is 5.91 Å². The van der Waals surface area contributed by atoms with Gasteiger partial charge in [0.25, 0.3) is 5.91 Å². The minimum absolute atomic E-state index is 0.128. The molecule has 0 unspecified atom stereocenters. The van der Waals surface area contributed by atoms with Gasteiger partial charge in [-0.1, -0.05) is 6.07 Å². The van der Waals surface area contributed by atoms with Gasteiger partial charge in [-0.3, -0.25) is 4.79 Å². The normalized spacial score (nSPS) is 14.7. The van der Waals surface area contributed by atoms with E-state index < -0.39 is 0 Å². The second kappa shape index (κ2) is 9.15. The molecule has 1 saturated heterocycles. The fraction of sp³-hybridized carbons (Fsp3) is 0.421. The lowest BCUT2D eigenvalue weighted by atomic mass is 10.1. The molecule has 1 aliphatic rings. The van der Waals surface area contributed by atoms with Crippen LogP contribution in [0.3, 0.4) is 0 Å². The summed E-state index contributed by atoms with van der Waals surface area (Å²) in [6.07, 6.45) is 5.07. The number of aromatic nitrogens is 2. The van der Waals surface area contributed by atoms with Crippen LogP contribution in [0.2, 0.25) is 0 Å². The van der Waals surface area contributed by atoms with Gasteiger partial charge >= 0.3 is 0 Å². The minimum Gasteiger partial charge on any atom is -0.478 e. The van der Waals surface area contributed by atoms with Gasteiger partial charge in [-0.25, -0.2) is 9.97 Å². The van der Waals surface area contributed by atoms with Crippen LogP contribution in [0, 0.1) is 0 Å². The van der Waals surface area contributed by atoms with Gasteiger partial charge in [0.05, 0.1) is 25.4 Å². The fourth-order valence-electron chi connectivity index (χ4n) is 2.58. The fourth-order valence-corrected chi connectivity index (χ4v) is 2.58. The third-order valence-corrected chi connectivity index (χ3v) is 4.00. The number of hydrogen-bond donors (Lipinski definition) is 1. The molecule has 7 heteroatoms. The zero-order valence-corrected chi connectivity index (χ0v) is 14.8. The molecule has 1 fully saturated rings. The lowest BCUT2D eigenvalue weighted by molar-refractivity contribution is 0.0237. The zero-order valence-electron chi connectivity index (χ0n) is 14.8. The average Bonchev–Trinajstić information content (AvgIpc) is 2.69. The van der Waals surface area contributed by atoms with Crippen LogP contribution in [0.25, 0.3) is 0 Å². The molecular formula is C19H23N3O4. The molecule has 3 rings (SSSR count). The highest BCUT2D eigenvalue weighted by atomic mass is 16.5. The molecule has 2 aromatic heterocycles. The summed E-state index contributed by atoms with van der Waals surface area (Å²) in [5, 5.41) is 2.85. The Morgan fingerprint density at radius 2 is 1.92 bits per heavy atom. The number of nitrogens with one attached hydrogen (secondary N) is 1. The van der Waals surface area contributed by atoms with Gasteiger partial charge < -0.3 is 19.5 Å². The van der Waals surface area contributed by atoms with E-state index in [0.29, 0.717) is 43.7 Å². The molecule has 3 heterocycles. The molecule has 1 amide bonds. The van der Waals surface area contributed by atoms with E-state index in [1.165, 1.54) is 6.20 Å². The molecule has 0 aliphatic carbocycles. The Morgan fingerprint density at radius 1 is 1.15 bits per heavy atom. The number of hydrogen-bond acceptors (Lipinski definition) is 6. The van der Waals surface area contributed by atoms with E-state index in [0.717, 1.165) is 18.4 Å². The third-order valence-electron chi connectivity index (χ3n) is 4.00. The first-order chi connectivity index (χ1) is 12.7. The Bertz CT molecular complexity index is 698. The van der Waals surface area contributed by atoms with Crippen molar-refractivity contribution in [2.24, 2.45) is 0 Å². The monoisotopic (exact) mass is 357 g/mol. The van der Waals surface area contributed by atoms with Gasteiger partial charge in [0.2, 0.25) is 11.8 Å². The number of carbonyl (C=O) groups excluding carboxylic acids is 1. The molecule has 0 aromatic carbocycles. The first kappa shape index (κ1) is 18.1. The van der Waals surface area contributed by atoms with E-state index in [-0.39, 0.29) is 12.0 Å². The predicted molar refractivity (Wildman–Crippen MR) is 95.3 cm³/mol. The summed E-state index contributed by atoms with van der Waals surface area (Å²) in [7, 11) is 0. The van der Waals surface area contributed by atoms with Crippen molar-refractivity contribution < 1.29 is 19.0 Å². The summed E-state index contributed by atoms with van der Waals surface area (Å²) in [5.74, 6) is 0.917. The van der Waals surface area contributed by atoms with Crippen molar-refractivity contribution in [3.63, 3.8) is 0 Å². The van der Waals surface area contributed by atoms with Crippen LogP contribution >= 0.6 is 0 Å². The summed E-state index contributed by atoms with van der Waals surface area (Å²) in [6, 6.07) is 7.10. The SMILES string of the molecule is CCOc1ccc(CNC(=O)c2ccc(OC3CCOCC3)nc2)cn1. The van der Waals surface area contributed by atoms with Crippen molar-refractivity contribution in [3.8, 4) is 11.8 Å². The number of nitrogens with zero attached hydrogens (tertiary/aromatic N) is 2. The maximum absolute atomic E-state index is 12.2. The van der Waals surface area contributed by atoms with Crippen LogP contribution in [0.15, 0.2) is 36.7 Å². The van der Waals surface area contributed by atoms with Crippen molar-refractivity contribution in [3.05, 3.63) is 47.8 Å². The second-order valence-corrected chi connectivity index (χ2v) is 5.94. The van der Waals surface area contributed by atoms with E-state index in [4.69, 9.17) is 14.2 Å².